The van der Waals surface area contributed by atoms with Gasteiger partial charge in [0.2, 0.25) is 5.91 Å². The zero-order chi connectivity index (χ0) is 31.1. The molecule has 0 saturated carbocycles. The number of carbonyl (C=O) groups is 3. The van der Waals surface area contributed by atoms with E-state index in [1.807, 2.05) is 72.8 Å². The Morgan fingerprint density at radius 2 is 1.62 bits per heavy atom. The molecule has 0 aliphatic carbocycles. The molecule has 0 aromatic heterocycles. The zero-order valence-electron chi connectivity index (χ0n) is 25.6. The second-order valence-electron chi connectivity index (χ2n) is 13.0. The Kier molecular flexibility index (Phi) is 7.63. The summed E-state index contributed by atoms with van der Waals surface area (Å²) in [6.07, 6.45) is 4.31. The summed E-state index contributed by atoms with van der Waals surface area (Å²) in [6.45, 7) is 0. The van der Waals surface area contributed by atoms with Gasteiger partial charge in [-0.05, 0) is 65.1 Å². The first-order valence-corrected chi connectivity index (χ1v) is 15.7. The highest BCUT2D eigenvalue weighted by Crippen LogP contribution is 2.51. The van der Waals surface area contributed by atoms with Gasteiger partial charge < -0.3 is 19.3 Å². The third-order valence-corrected chi connectivity index (χ3v) is 9.87. The number of aryl methyl sites for hydroxylation is 1. The number of carbonyl (C=O) groups excluding carboxylic acids is 3. The smallest absolute Gasteiger partial charge is 0.411 e. The number of ether oxygens (including phenoxy) is 2. The van der Waals surface area contributed by atoms with E-state index >= 15 is 0 Å². The van der Waals surface area contributed by atoms with Gasteiger partial charge in [0.15, 0.2) is 0 Å². The lowest BCUT2D eigenvalue weighted by molar-refractivity contribution is -0.938. The van der Waals surface area contributed by atoms with Gasteiger partial charge in [-0.3, -0.25) is 14.9 Å². The van der Waals surface area contributed by atoms with E-state index in [0.717, 1.165) is 56.8 Å². The number of hydrogen-bond donors (Lipinski definition) is 2. The van der Waals surface area contributed by atoms with Crippen LogP contribution in [0.3, 0.4) is 0 Å². The normalized spacial score (nSPS) is 24.0. The van der Waals surface area contributed by atoms with Crippen molar-refractivity contribution in [3.63, 3.8) is 0 Å². The molecule has 3 aliphatic rings. The lowest BCUT2D eigenvalue weighted by atomic mass is 9.96. The quantitative estimate of drug-likeness (QED) is 0.128. The number of hydrogen-bond acceptors (Lipinski definition) is 5. The van der Waals surface area contributed by atoms with Crippen molar-refractivity contribution in [2.75, 3.05) is 24.7 Å². The number of likely N-dealkylation sites (N-methyl/N-ethyl adjacent to an activating group) is 1. The Bertz CT molecular complexity index is 1750. The molecule has 0 spiro atoms. The number of nitrogens with zero attached hydrogens (tertiary/aromatic N) is 1. The first-order chi connectivity index (χ1) is 21.8. The van der Waals surface area contributed by atoms with Crippen LogP contribution in [0.5, 0.6) is 0 Å². The van der Waals surface area contributed by atoms with E-state index in [-0.39, 0.29) is 12.0 Å². The van der Waals surface area contributed by atoms with Gasteiger partial charge >= 0.3 is 6.09 Å². The minimum atomic E-state index is -0.430. The second kappa shape index (κ2) is 11.8. The fraction of sp³-hybridized carbons (Fsp3) is 0.324. The topological polar surface area (TPSA) is 97.0 Å². The monoisotopic (exact) mass is 604 g/mol. The third-order valence-electron chi connectivity index (χ3n) is 9.87. The van der Waals surface area contributed by atoms with Crippen molar-refractivity contribution in [3.05, 3.63) is 96.1 Å². The van der Waals surface area contributed by atoms with Crippen LogP contribution in [-0.4, -0.2) is 67.3 Å². The SMILES string of the molecule is C[N+]1(C)[C@@H]2C[C@@H](OC(=O)Nc3ccc(CCCC(=O)Nc4ccc5cc(C=O)ccc5c4)cc3-c3ccccc3)C[C@H]1[C@@H]1O[C@@H]12. The number of amides is 2. The van der Waals surface area contributed by atoms with E-state index < -0.39 is 6.09 Å². The highest BCUT2D eigenvalue weighted by molar-refractivity contribution is 5.96. The van der Waals surface area contributed by atoms with Crippen LogP contribution >= 0.6 is 0 Å². The highest BCUT2D eigenvalue weighted by atomic mass is 16.6. The summed E-state index contributed by atoms with van der Waals surface area (Å²) in [7, 11) is 4.53. The predicted molar refractivity (Wildman–Crippen MR) is 174 cm³/mol. The number of piperidine rings is 1. The van der Waals surface area contributed by atoms with Crippen molar-refractivity contribution >= 4 is 40.4 Å². The second-order valence-corrected chi connectivity index (χ2v) is 13.0. The van der Waals surface area contributed by atoms with Crippen molar-refractivity contribution in [1.82, 2.24) is 0 Å². The minimum Gasteiger partial charge on any atom is -0.445 e. The summed E-state index contributed by atoms with van der Waals surface area (Å²) in [5.74, 6) is -0.0506. The van der Waals surface area contributed by atoms with Crippen molar-refractivity contribution in [1.29, 1.82) is 0 Å². The molecule has 45 heavy (non-hydrogen) atoms. The van der Waals surface area contributed by atoms with Gasteiger partial charge in [0.05, 0.1) is 19.8 Å². The summed E-state index contributed by atoms with van der Waals surface area (Å²) in [4.78, 5) is 36.9. The molecular formula is C37H38N3O5+. The molecule has 4 aromatic carbocycles. The van der Waals surface area contributed by atoms with E-state index in [2.05, 4.69) is 30.8 Å². The van der Waals surface area contributed by atoms with Crippen LogP contribution in [0.4, 0.5) is 16.2 Å². The molecule has 4 aromatic rings. The molecule has 3 fully saturated rings. The minimum absolute atomic E-state index is 0.0506. The molecule has 7 rings (SSSR count). The van der Waals surface area contributed by atoms with Crippen LogP contribution in [-0.2, 0) is 20.7 Å². The molecule has 8 nitrogen and oxygen atoms in total. The molecule has 2 N–H and O–H groups in total. The van der Waals surface area contributed by atoms with Gasteiger partial charge in [0, 0.05) is 36.1 Å². The van der Waals surface area contributed by atoms with Gasteiger partial charge in [-0.1, -0.05) is 54.6 Å². The van der Waals surface area contributed by atoms with Crippen LogP contribution in [0.2, 0.25) is 0 Å². The Labute approximate surface area is 262 Å². The molecule has 2 amide bonds. The number of aldehydes is 1. The van der Waals surface area contributed by atoms with Crippen LogP contribution in [0.25, 0.3) is 21.9 Å². The number of benzene rings is 4. The number of fused-ring (bicyclic) bond motifs is 6. The summed E-state index contributed by atoms with van der Waals surface area (Å²) < 4.78 is 12.8. The maximum absolute atomic E-state index is 13.1. The molecule has 8 heteroatoms. The van der Waals surface area contributed by atoms with Crippen LogP contribution in [0.1, 0.15) is 41.6 Å². The summed E-state index contributed by atoms with van der Waals surface area (Å²) in [6, 6.07) is 27.9. The lowest BCUT2D eigenvalue weighted by Gasteiger charge is -2.45. The number of nitrogens with one attached hydrogen (secondary N) is 2. The van der Waals surface area contributed by atoms with Gasteiger partial charge in [-0.2, -0.15) is 0 Å². The molecular weight excluding hydrogens is 566 g/mol. The maximum atomic E-state index is 13.1. The number of quaternary nitrogens is 1. The van der Waals surface area contributed by atoms with E-state index in [1.165, 1.54) is 0 Å². The average Bonchev–Trinajstić information content (AvgIpc) is 3.81. The predicted octanol–water partition coefficient (Wildman–Crippen LogP) is 6.59. The van der Waals surface area contributed by atoms with E-state index in [4.69, 9.17) is 9.47 Å². The number of epoxide rings is 1. The summed E-state index contributed by atoms with van der Waals surface area (Å²) in [5.41, 5.74) is 5.05. The Hall–Kier alpha value is -4.53. The van der Waals surface area contributed by atoms with Crippen molar-refractivity contribution in [2.24, 2.45) is 0 Å². The first-order valence-electron chi connectivity index (χ1n) is 15.7. The van der Waals surface area contributed by atoms with Crippen molar-refractivity contribution in [3.8, 4) is 11.1 Å². The number of anilines is 2. The summed E-state index contributed by atoms with van der Waals surface area (Å²) >= 11 is 0. The van der Waals surface area contributed by atoms with Crippen molar-refractivity contribution in [2.45, 2.75) is 62.5 Å². The van der Waals surface area contributed by atoms with E-state index in [1.54, 1.807) is 6.07 Å². The molecule has 0 unspecified atom stereocenters. The van der Waals surface area contributed by atoms with E-state index in [9.17, 15) is 14.4 Å². The Morgan fingerprint density at radius 1 is 0.889 bits per heavy atom. The third kappa shape index (κ3) is 5.95. The first kappa shape index (κ1) is 29.2. The molecule has 230 valence electrons. The van der Waals surface area contributed by atoms with Crippen LogP contribution < -0.4 is 10.6 Å². The number of rotatable bonds is 9. The maximum Gasteiger partial charge on any atom is 0.411 e. The van der Waals surface area contributed by atoms with E-state index in [0.29, 0.717) is 54.8 Å². The highest BCUT2D eigenvalue weighted by Gasteiger charge is 2.70. The fourth-order valence-electron chi connectivity index (χ4n) is 7.40. The molecule has 2 bridgehead atoms. The standard InChI is InChI=1S/C37H37N3O5/c1-40(2)32-20-29(21-33(40)36-35(32)45-36)44-37(43)39-31-16-12-23(18-30(31)25-8-4-3-5-9-25)7-6-10-34(42)38-28-15-14-26-17-24(22-41)11-13-27(26)19-28/h3-5,8-9,11-19,22,29,32-33,35-36H,6-7,10,20-21H2,1-2H3,(H-,38,39,41,42,43)/p+1/t29-,32-,33+,35-,36+. The molecule has 3 heterocycles. The van der Waals surface area contributed by atoms with Crippen LogP contribution in [0, 0.1) is 0 Å². The molecule has 3 saturated heterocycles. The Balaban J connectivity index is 0.971. The molecule has 5 atom stereocenters. The molecule has 0 radical (unpaired) electrons. The lowest BCUT2D eigenvalue weighted by Crippen LogP contribution is -2.60. The average molecular weight is 605 g/mol. The van der Waals surface area contributed by atoms with Gasteiger partial charge in [0.1, 0.15) is 36.7 Å². The van der Waals surface area contributed by atoms with Gasteiger partial charge in [-0.15, -0.1) is 0 Å². The summed E-state index contributed by atoms with van der Waals surface area (Å²) in [5, 5.41) is 7.92. The van der Waals surface area contributed by atoms with Gasteiger partial charge in [0.25, 0.3) is 0 Å². The Morgan fingerprint density at radius 3 is 2.38 bits per heavy atom. The fourth-order valence-corrected chi connectivity index (χ4v) is 7.40. The van der Waals surface area contributed by atoms with Crippen LogP contribution in [0.15, 0.2) is 84.9 Å². The zero-order valence-corrected chi connectivity index (χ0v) is 25.6. The largest absolute Gasteiger partial charge is 0.445 e. The van der Waals surface area contributed by atoms with Crippen molar-refractivity contribution < 1.29 is 28.3 Å². The van der Waals surface area contributed by atoms with Gasteiger partial charge in [-0.25, -0.2) is 4.79 Å². The molecule has 3 aliphatic heterocycles. The number of morpholine rings is 1.